The molecule has 0 saturated heterocycles. The molecule has 1 amide bonds. The van der Waals surface area contributed by atoms with E-state index in [0.29, 0.717) is 17.2 Å². The second kappa shape index (κ2) is 5.20. The van der Waals surface area contributed by atoms with Crippen molar-refractivity contribution >= 4 is 17.6 Å². The summed E-state index contributed by atoms with van der Waals surface area (Å²) >= 11 is 0. The molecule has 1 aliphatic heterocycles. The van der Waals surface area contributed by atoms with Gasteiger partial charge in [-0.05, 0) is 24.3 Å². The van der Waals surface area contributed by atoms with Gasteiger partial charge in [0, 0.05) is 18.0 Å². The summed E-state index contributed by atoms with van der Waals surface area (Å²) < 4.78 is 11.8. The molecule has 108 valence electrons. The molecule has 2 heterocycles. The van der Waals surface area contributed by atoms with Gasteiger partial charge in [0.25, 0.3) is 0 Å². The predicted molar refractivity (Wildman–Crippen MR) is 72.6 cm³/mol. The zero-order chi connectivity index (χ0) is 14.8. The van der Waals surface area contributed by atoms with Gasteiger partial charge in [0.2, 0.25) is 12.7 Å². The molecule has 2 N–H and O–H groups in total. The topological polar surface area (TPSA) is 89.8 Å². The molecule has 7 heteroatoms. The van der Waals surface area contributed by atoms with Crippen molar-refractivity contribution < 1.29 is 24.2 Å². The molecule has 1 aliphatic rings. The Morgan fingerprint density at radius 2 is 2.05 bits per heavy atom. The summed E-state index contributed by atoms with van der Waals surface area (Å²) in [5.41, 5.74) is 0.629. The minimum absolute atomic E-state index is 0.0656. The first-order chi connectivity index (χ1) is 10.1. The van der Waals surface area contributed by atoms with E-state index in [1.54, 1.807) is 30.5 Å². The van der Waals surface area contributed by atoms with E-state index in [4.69, 9.17) is 14.6 Å². The number of benzene rings is 1. The Morgan fingerprint density at radius 1 is 1.24 bits per heavy atom. The number of ether oxygens (including phenoxy) is 2. The highest BCUT2D eigenvalue weighted by atomic mass is 16.7. The number of rotatable bonds is 4. The number of carboxylic acid groups (broad SMARTS) is 1. The number of aromatic carboxylic acids is 1. The number of aromatic nitrogens is 1. The second-order valence-corrected chi connectivity index (χ2v) is 4.44. The van der Waals surface area contributed by atoms with Crippen molar-refractivity contribution in [2.45, 2.75) is 6.54 Å². The Morgan fingerprint density at radius 3 is 2.86 bits per heavy atom. The van der Waals surface area contributed by atoms with Gasteiger partial charge in [0.1, 0.15) is 12.2 Å². The fourth-order valence-electron chi connectivity index (χ4n) is 2.08. The van der Waals surface area contributed by atoms with Gasteiger partial charge in [-0.1, -0.05) is 0 Å². The molecule has 0 atom stereocenters. The Bertz CT molecular complexity index is 707. The predicted octanol–water partition coefficient (Wildman–Crippen LogP) is 1.55. The number of hydrogen-bond acceptors (Lipinski definition) is 4. The number of carbonyl (C=O) groups excluding carboxylic acids is 1. The molecule has 7 nitrogen and oxygen atoms in total. The molecular weight excluding hydrogens is 276 g/mol. The quantitative estimate of drug-likeness (QED) is 0.891. The van der Waals surface area contributed by atoms with Gasteiger partial charge in [-0.2, -0.15) is 0 Å². The standard InChI is InChI=1S/C14H12N2O5/c17-13(7-16-5-1-2-10(16)14(18)19)15-9-3-4-11-12(6-9)21-8-20-11/h1-6H,7-8H2,(H,15,17)(H,18,19). The maximum Gasteiger partial charge on any atom is 0.352 e. The highest BCUT2D eigenvalue weighted by Crippen LogP contribution is 2.34. The van der Waals surface area contributed by atoms with Crippen LogP contribution in [0.1, 0.15) is 10.5 Å². The van der Waals surface area contributed by atoms with Gasteiger partial charge in [0.15, 0.2) is 11.5 Å². The van der Waals surface area contributed by atoms with E-state index in [1.165, 1.54) is 10.6 Å². The highest BCUT2D eigenvalue weighted by Gasteiger charge is 2.15. The van der Waals surface area contributed by atoms with Crippen LogP contribution in [0.3, 0.4) is 0 Å². The van der Waals surface area contributed by atoms with Gasteiger partial charge in [-0.3, -0.25) is 4.79 Å². The molecule has 0 aliphatic carbocycles. The van der Waals surface area contributed by atoms with Crippen LogP contribution in [0.5, 0.6) is 11.5 Å². The Balaban J connectivity index is 1.69. The van der Waals surface area contributed by atoms with Gasteiger partial charge >= 0.3 is 5.97 Å². The second-order valence-electron chi connectivity index (χ2n) is 4.44. The number of carbonyl (C=O) groups is 2. The van der Waals surface area contributed by atoms with Gasteiger partial charge in [0.05, 0.1) is 0 Å². The van der Waals surface area contributed by atoms with Crippen LogP contribution in [0.4, 0.5) is 5.69 Å². The summed E-state index contributed by atoms with van der Waals surface area (Å²) in [6.45, 7) is 0.0845. The molecule has 0 spiro atoms. The SMILES string of the molecule is O=C(Cn1cccc1C(=O)O)Nc1ccc2c(c1)OCO2. The van der Waals surface area contributed by atoms with E-state index in [1.807, 2.05) is 0 Å². The van der Waals surface area contributed by atoms with Crippen LogP contribution in [0.2, 0.25) is 0 Å². The van der Waals surface area contributed by atoms with E-state index in [2.05, 4.69) is 5.32 Å². The lowest BCUT2D eigenvalue weighted by atomic mass is 10.3. The average molecular weight is 288 g/mol. The minimum atomic E-state index is -1.07. The molecule has 0 saturated carbocycles. The van der Waals surface area contributed by atoms with Crippen molar-refractivity contribution in [1.29, 1.82) is 0 Å². The van der Waals surface area contributed by atoms with Crippen molar-refractivity contribution in [1.82, 2.24) is 4.57 Å². The van der Waals surface area contributed by atoms with Gasteiger partial charge in [-0.25, -0.2) is 4.79 Å². The molecule has 2 aromatic rings. The molecular formula is C14H12N2O5. The minimum Gasteiger partial charge on any atom is -0.477 e. The summed E-state index contributed by atoms with van der Waals surface area (Å²) in [6.07, 6.45) is 1.54. The fraction of sp³-hybridized carbons (Fsp3) is 0.143. The highest BCUT2D eigenvalue weighted by molar-refractivity contribution is 5.92. The van der Waals surface area contributed by atoms with Crippen LogP contribution >= 0.6 is 0 Å². The fourth-order valence-corrected chi connectivity index (χ4v) is 2.08. The summed E-state index contributed by atoms with van der Waals surface area (Å²) in [4.78, 5) is 22.9. The van der Waals surface area contributed by atoms with Gasteiger partial charge < -0.3 is 24.5 Å². The number of fused-ring (bicyclic) bond motifs is 1. The number of carboxylic acids is 1. The third-order valence-corrected chi connectivity index (χ3v) is 3.02. The van der Waals surface area contributed by atoms with Crippen molar-refractivity contribution in [3.8, 4) is 11.5 Å². The summed E-state index contributed by atoms with van der Waals surface area (Å²) in [5, 5.41) is 11.7. The average Bonchev–Trinajstić information content (AvgIpc) is 3.06. The monoisotopic (exact) mass is 288 g/mol. The molecule has 1 aromatic carbocycles. The van der Waals surface area contributed by atoms with Crippen LogP contribution in [0, 0.1) is 0 Å². The summed E-state index contributed by atoms with van der Waals surface area (Å²) in [5.74, 6) is -0.199. The number of nitrogens with one attached hydrogen (secondary N) is 1. The van der Waals surface area contributed by atoms with E-state index in [9.17, 15) is 9.59 Å². The van der Waals surface area contributed by atoms with Crippen LogP contribution in [0.25, 0.3) is 0 Å². The lowest BCUT2D eigenvalue weighted by Crippen LogP contribution is -2.20. The maximum atomic E-state index is 12.0. The third-order valence-electron chi connectivity index (χ3n) is 3.02. The molecule has 3 rings (SSSR count). The smallest absolute Gasteiger partial charge is 0.352 e. The Labute approximate surface area is 119 Å². The third kappa shape index (κ3) is 2.66. The Kier molecular flexibility index (Phi) is 3.23. The van der Waals surface area contributed by atoms with Crippen molar-refractivity contribution in [2.75, 3.05) is 12.1 Å². The number of hydrogen-bond donors (Lipinski definition) is 2. The lowest BCUT2D eigenvalue weighted by Gasteiger charge is -2.08. The van der Waals surface area contributed by atoms with E-state index in [0.717, 1.165) is 0 Å². The van der Waals surface area contributed by atoms with Crippen LogP contribution in [-0.4, -0.2) is 28.3 Å². The van der Waals surface area contributed by atoms with E-state index < -0.39 is 5.97 Å². The molecule has 1 aromatic heterocycles. The maximum absolute atomic E-state index is 12.0. The first kappa shape index (κ1) is 13.0. The zero-order valence-corrected chi connectivity index (χ0v) is 10.9. The van der Waals surface area contributed by atoms with Crippen LogP contribution < -0.4 is 14.8 Å². The molecule has 21 heavy (non-hydrogen) atoms. The van der Waals surface area contributed by atoms with Crippen molar-refractivity contribution in [2.24, 2.45) is 0 Å². The van der Waals surface area contributed by atoms with E-state index >= 15 is 0 Å². The molecule has 0 unspecified atom stereocenters. The van der Waals surface area contributed by atoms with Crippen molar-refractivity contribution in [3.63, 3.8) is 0 Å². The number of anilines is 1. The molecule has 0 fully saturated rings. The van der Waals surface area contributed by atoms with Crippen molar-refractivity contribution in [3.05, 3.63) is 42.2 Å². The largest absolute Gasteiger partial charge is 0.477 e. The molecule has 0 radical (unpaired) electrons. The van der Waals surface area contributed by atoms with E-state index in [-0.39, 0.29) is 24.9 Å². The Hall–Kier alpha value is -2.96. The summed E-state index contributed by atoms with van der Waals surface area (Å²) in [7, 11) is 0. The first-order valence-corrected chi connectivity index (χ1v) is 6.21. The lowest BCUT2D eigenvalue weighted by molar-refractivity contribution is -0.116. The number of nitrogens with zero attached hydrogens (tertiary/aromatic N) is 1. The first-order valence-electron chi connectivity index (χ1n) is 6.21. The van der Waals surface area contributed by atoms with Crippen LogP contribution in [0.15, 0.2) is 36.5 Å². The zero-order valence-electron chi connectivity index (χ0n) is 10.9. The molecule has 0 bridgehead atoms. The van der Waals surface area contributed by atoms with Gasteiger partial charge in [-0.15, -0.1) is 0 Å². The number of amides is 1. The summed E-state index contributed by atoms with van der Waals surface area (Å²) in [6, 6.07) is 8.08. The van der Waals surface area contributed by atoms with Crippen LogP contribution in [-0.2, 0) is 11.3 Å². The normalized spacial score (nSPS) is 12.2.